The lowest BCUT2D eigenvalue weighted by Crippen LogP contribution is -2.45. The summed E-state index contributed by atoms with van der Waals surface area (Å²) in [5, 5.41) is 11.7. The number of furan rings is 1. The smallest absolute Gasteiger partial charge is 0.322 e. The first kappa shape index (κ1) is 17.1. The van der Waals surface area contributed by atoms with E-state index < -0.39 is 0 Å². The van der Waals surface area contributed by atoms with Crippen molar-refractivity contribution in [2.24, 2.45) is 0 Å². The number of carbonyl (C=O) groups is 1. The van der Waals surface area contributed by atoms with Crippen LogP contribution in [0, 0.1) is 18.8 Å². The van der Waals surface area contributed by atoms with Crippen LogP contribution in [-0.4, -0.2) is 28.7 Å². The fourth-order valence-corrected chi connectivity index (χ4v) is 2.78. The molecule has 5 nitrogen and oxygen atoms in total. The van der Waals surface area contributed by atoms with Crippen LogP contribution in [-0.2, 0) is 6.54 Å². The third kappa shape index (κ3) is 4.43. The van der Waals surface area contributed by atoms with Gasteiger partial charge in [0.25, 0.3) is 0 Å². The lowest BCUT2D eigenvalue weighted by molar-refractivity contribution is 0.137. The predicted molar refractivity (Wildman–Crippen MR) is 96.1 cm³/mol. The number of aliphatic hydroxyl groups excluding tert-OH is 1. The quantitative estimate of drug-likeness (QED) is 0.838. The number of anilines is 1. The summed E-state index contributed by atoms with van der Waals surface area (Å²) < 4.78 is 5.63. The first-order chi connectivity index (χ1) is 12.2. The monoisotopic (exact) mass is 338 g/mol. The Bertz CT molecular complexity index is 779. The SMILES string of the molecule is Cc1ccc(CN(C(=O)Nc2ccc(C#CCO)cc2)C2CCC2)o1. The van der Waals surface area contributed by atoms with Gasteiger partial charge in [0.05, 0.1) is 6.54 Å². The van der Waals surface area contributed by atoms with Crippen LogP contribution in [0.25, 0.3) is 0 Å². The fourth-order valence-electron chi connectivity index (χ4n) is 2.78. The van der Waals surface area contributed by atoms with Gasteiger partial charge in [-0.2, -0.15) is 0 Å². The standard InChI is InChI=1S/C20H22N2O3/c1-15-7-12-19(25-15)14-22(18-5-2-6-18)20(24)21-17-10-8-16(9-11-17)4-3-13-23/h7-12,18,23H,2,5-6,13-14H2,1H3,(H,21,24). The van der Waals surface area contributed by atoms with Gasteiger partial charge in [-0.05, 0) is 62.6 Å². The molecular formula is C20H22N2O3. The van der Waals surface area contributed by atoms with Crippen LogP contribution < -0.4 is 5.32 Å². The number of aryl methyl sites for hydroxylation is 1. The molecule has 1 fully saturated rings. The number of hydrogen-bond donors (Lipinski definition) is 2. The highest BCUT2D eigenvalue weighted by molar-refractivity contribution is 5.89. The molecule has 0 atom stereocenters. The second-order valence-electron chi connectivity index (χ2n) is 6.19. The number of benzene rings is 1. The van der Waals surface area contributed by atoms with Crippen LogP contribution in [0.3, 0.4) is 0 Å². The summed E-state index contributed by atoms with van der Waals surface area (Å²) in [6.07, 6.45) is 3.22. The molecule has 1 saturated carbocycles. The average Bonchev–Trinajstić information content (AvgIpc) is 2.97. The van der Waals surface area contributed by atoms with Gasteiger partial charge in [-0.15, -0.1) is 0 Å². The van der Waals surface area contributed by atoms with Crippen LogP contribution in [0.2, 0.25) is 0 Å². The molecule has 0 spiro atoms. The molecule has 2 N–H and O–H groups in total. The van der Waals surface area contributed by atoms with Gasteiger partial charge in [-0.25, -0.2) is 4.79 Å². The van der Waals surface area contributed by atoms with Crippen LogP contribution in [0.4, 0.5) is 10.5 Å². The Morgan fingerprint density at radius 1 is 1.28 bits per heavy atom. The van der Waals surface area contributed by atoms with E-state index in [2.05, 4.69) is 17.2 Å². The highest BCUT2D eigenvalue weighted by Gasteiger charge is 2.29. The van der Waals surface area contributed by atoms with Gasteiger partial charge in [0.2, 0.25) is 0 Å². The van der Waals surface area contributed by atoms with Crippen LogP contribution in [0.5, 0.6) is 0 Å². The minimum absolute atomic E-state index is 0.118. The third-order valence-corrected chi connectivity index (χ3v) is 4.35. The van der Waals surface area contributed by atoms with E-state index in [-0.39, 0.29) is 18.7 Å². The molecule has 2 amide bonds. The number of hydrogen-bond acceptors (Lipinski definition) is 3. The summed E-state index contributed by atoms with van der Waals surface area (Å²) in [6, 6.07) is 11.3. The Morgan fingerprint density at radius 2 is 2.04 bits per heavy atom. The van der Waals surface area contributed by atoms with Gasteiger partial charge in [0, 0.05) is 17.3 Å². The molecule has 0 aliphatic heterocycles. The van der Waals surface area contributed by atoms with Crippen LogP contribution in [0.15, 0.2) is 40.8 Å². The van der Waals surface area contributed by atoms with E-state index in [1.165, 1.54) is 0 Å². The Labute approximate surface area is 147 Å². The number of amides is 2. The molecule has 1 heterocycles. The molecule has 1 aliphatic carbocycles. The minimum Gasteiger partial charge on any atom is -0.464 e. The topological polar surface area (TPSA) is 65.7 Å². The highest BCUT2D eigenvalue weighted by Crippen LogP contribution is 2.27. The Morgan fingerprint density at radius 3 is 2.60 bits per heavy atom. The largest absolute Gasteiger partial charge is 0.464 e. The molecule has 0 radical (unpaired) electrons. The molecule has 3 rings (SSSR count). The predicted octanol–water partition coefficient (Wildman–Crippen LogP) is 3.52. The Hall–Kier alpha value is -2.71. The van der Waals surface area contributed by atoms with Crippen LogP contribution >= 0.6 is 0 Å². The summed E-state index contributed by atoms with van der Waals surface area (Å²) in [5.41, 5.74) is 1.52. The summed E-state index contributed by atoms with van der Waals surface area (Å²) in [6.45, 7) is 2.21. The molecular weight excluding hydrogens is 316 g/mol. The van der Waals surface area contributed by atoms with Gasteiger partial charge in [0.1, 0.15) is 18.1 Å². The van der Waals surface area contributed by atoms with Crippen molar-refractivity contribution < 1.29 is 14.3 Å². The van der Waals surface area contributed by atoms with Gasteiger partial charge in [0.15, 0.2) is 0 Å². The fraction of sp³-hybridized carbons (Fsp3) is 0.350. The lowest BCUT2D eigenvalue weighted by Gasteiger charge is -2.37. The summed E-state index contributed by atoms with van der Waals surface area (Å²) in [7, 11) is 0. The number of rotatable bonds is 4. The molecule has 130 valence electrons. The molecule has 2 aromatic rings. The average molecular weight is 338 g/mol. The van der Waals surface area contributed by atoms with Gasteiger partial charge in [-0.3, -0.25) is 0 Å². The van der Waals surface area contributed by atoms with Crippen molar-refractivity contribution in [3.8, 4) is 11.8 Å². The third-order valence-electron chi connectivity index (χ3n) is 4.35. The van der Waals surface area contributed by atoms with E-state index in [0.717, 1.165) is 42.0 Å². The Kier molecular flexibility index (Phi) is 5.42. The molecule has 5 heteroatoms. The molecule has 25 heavy (non-hydrogen) atoms. The van der Waals surface area contributed by atoms with E-state index in [1.54, 1.807) is 0 Å². The van der Waals surface area contributed by atoms with Crippen molar-refractivity contribution in [3.63, 3.8) is 0 Å². The summed E-state index contributed by atoms with van der Waals surface area (Å²) in [4.78, 5) is 14.6. The van der Waals surface area contributed by atoms with E-state index in [1.807, 2.05) is 48.2 Å². The molecule has 0 unspecified atom stereocenters. The van der Waals surface area contributed by atoms with Gasteiger partial charge >= 0.3 is 6.03 Å². The Balaban J connectivity index is 1.67. The first-order valence-corrected chi connectivity index (χ1v) is 8.48. The summed E-state index contributed by atoms with van der Waals surface area (Å²) in [5.74, 6) is 7.09. The lowest BCUT2D eigenvalue weighted by atomic mass is 9.91. The molecule has 1 aliphatic rings. The van der Waals surface area contributed by atoms with Crippen molar-refractivity contribution >= 4 is 11.7 Å². The van der Waals surface area contributed by atoms with E-state index in [4.69, 9.17) is 9.52 Å². The van der Waals surface area contributed by atoms with Crippen molar-refractivity contribution in [3.05, 3.63) is 53.5 Å². The van der Waals surface area contributed by atoms with Gasteiger partial charge in [-0.1, -0.05) is 11.8 Å². The number of aliphatic hydroxyl groups is 1. The maximum absolute atomic E-state index is 12.7. The number of nitrogens with zero attached hydrogens (tertiary/aromatic N) is 1. The van der Waals surface area contributed by atoms with Gasteiger partial charge < -0.3 is 19.7 Å². The van der Waals surface area contributed by atoms with Crippen molar-refractivity contribution in [2.45, 2.75) is 38.8 Å². The second kappa shape index (κ2) is 7.91. The minimum atomic E-state index is -0.166. The van der Waals surface area contributed by atoms with Crippen LogP contribution in [0.1, 0.15) is 36.3 Å². The molecule has 1 aromatic heterocycles. The van der Waals surface area contributed by atoms with Crippen molar-refractivity contribution in [2.75, 3.05) is 11.9 Å². The van der Waals surface area contributed by atoms with Crippen molar-refractivity contribution in [1.29, 1.82) is 0 Å². The summed E-state index contributed by atoms with van der Waals surface area (Å²) >= 11 is 0. The van der Waals surface area contributed by atoms with Crippen molar-refractivity contribution in [1.82, 2.24) is 4.90 Å². The number of urea groups is 1. The number of carbonyl (C=O) groups excluding carboxylic acids is 1. The zero-order valence-corrected chi connectivity index (χ0v) is 14.3. The normalized spacial score (nSPS) is 13.5. The maximum Gasteiger partial charge on any atom is 0.322 e. The van der Waals surface area contributed by atoms with E-state index in [9.17, 15) is 4.79 Å². The first-order valence-electron chi connectivity index (χ1n) is 8.48. The zero-order chi connectivity index (χ0) is 17.6. The second-order valence-corrected chi connectivity index (χ2v) is 6.19. The molecule has 0 saturated heterocycles. The number of nitrogens with one attached hydrogen (secondary N) is 1. The highest BCUT2D eigenvalue weighted by atomic mass is 16.3. The molecule has 0 bridgehead atoms. The van der Waals surface area contributed by atoms with E-state index >= 15 is 0 Å². The van der Waals surface area contributed by atoms with E-state index in [0.29, 0.717) is 6.54 Å². The zero-order valence-electron chi connectivity index (χ0n) is 14.3. The maximum atomic E-state index is 12.7. The molecule has 1 aromatic carbocycles.